The van der Waals surface area contributed by atoms with E-state index in [-0.39, 0.29) is 5.69 Å². The highest BCUT2D eigenvalue weighted by Gasteiger charge is 2.23. The van der Waals surface area contributed by atoms with Crippen molar-refractivity contribution in [1.29, 1.82) is 0 Å². The van der Waals surface area contributed by atoms with Crippen LogP contribution in [0.25, 0.3) is 5.65 Å². The molecule has 3 rings (SSSR count). The molecule has 7 heteroatoms. The fraction of sp³-hybridized carbons (Fsp3) is 0.583. The predicted octanol–water partition coefficient (Wildman–Crippen LogP) is 1.56. The van der Waals surface area contributed by atoms with Gasteiger partial charge in [-0.2, -0.15) is 5.10 Å². The molecule has 19 heavy (non-hydrogen) atoms. The van der Waals surface area contributed by atoms with Crippen molar-refractivity contribution in [3.8, 4) is 0 Å². The lowest BCUT2D eigenvalue weighted by atomic mass is 10.0. The Morgan fingerprint density at radius 1 is 1.47 bits per heavy atom. The number of halogens is 1. The van der Waals surface area contributed by atoms with Gasteiger partial charge in [0.1, 0.15) is 12.1 Å². The van der Waals surface area contributed by atoms with E-state index in [1.807, 2.05) is 6.07 Å². The average Bonchev–Trinajstić information content (AvgIpc) is 2.81. The van der Waals surface area contributed by atoms with Crippen LogP contribution in [0.4, 0.5) is 5.82 Å². The summed E-state index contributed by atoms with van der Waals surface area (Å²) in [6.45, 7) is 1.02. The molecule has 1 N–H and O–H groups in total. The maximum atomic E-state index is 11.4. The summed E-state index contributed by atoms with van der Waals surface area (Å²) in [5, 5.41) is 7.43. The molecule has 0 radical (unpaired) electrons. The van der Waals surface area contributed by atoms with Gasteiger partial charge in [-0.05, 0) is 25.7 Å². The van der Waals surface area contributed by atoms with Crippen LogP contribution in [0.5, 0.6) is 0 Å². The molecule has 0 spiro atoms. The van der Waals surface area contributed by atoms with Gasteiger partial charge in [0.2, 0.25) is 0 Å². The number of alkyl halides is 1. The van der Waals surface area contributed by atoms with Crippen molar-refractivity contribution >= 4 is 27.4 Å². The lowest BCUT2D eigenvalue weighted by Gasteiger charge is -2.36. The quantitative estimate of drug-likeness (QED) is 0.870. The summed E-state index contributed by atoms with van der Waals surface area (Å²) in [4.78, 5) is 18.2. The van der Waals surface area contributed by atoms with Gasteiger partial charge in [0, 0.05) is 24.0 Å². The molecule has 0 aromatic carbocycles. The zero-order valence-corrected chi connectivity index (χ0v) is 12.1. The second-order valence-corrected chi connectivity index (χ2v) is 5.62. The Kier molecular flexibility index (Phi) is 3.54. The largest absolute Gasteiger partial charge is 0.353 e. The molecule has 1 atom stereocenters. The number of hydrogen-bond acceptors (Lipinski definition) is 4. The SMILES string of the molecule is O=c1[nH]nc2cc(N3CCCCC3CCBr)ncn12. The Hall–Kier alpha value is -1.37. The van der Waals surface area contributed by atoms with Crippen LogP contribution in [0.2, 0.25) is 0 Å². The fourth-order valence-corrected chi connectivity index (χ4v) is 3.21. The Bertz CT molecular complexity index is 620. The minimum absolute atomic E-state index is 0.246. The smallest absolute Gasteiger partial charge is 0.348 e. The normalized spacial score (nSPS) is 20.1. The maximum absolute atomic E-state index is 11.4. The number of rotatable bonds is 3. The lowest BCUT2D eigenvalue weighted by Crippen LogP contribution is -2.40. The summed E-state index contributed by atoms with van der Waals surface area (Å²) in [6, 6.07) is 2.40. The van der Waals surface area contributed by atoms with E-state index in [1.165, 1.54) is 23.7 Å². The number of fused-ring (bicyclic) bond motifs is 1. The van der Waals surface area contributed by atoms with Crippen LogP contribution in [0.15, 0.2) is 17.2 Å². The molecule has 0 amide bonds. The highest BCUT2D eigenvalue weighted by atomic mass is 79.9. The minimum atomic E-state index is -0.246. The number of nitrogens with zero attached hydrogens (tertiary/aromatic N) is 4. The van der Waals surface area contributed by atoms with Crippen LogP contribution < -0.4 is 10.6 Å². The standard InChI is InChI=1S/C12H16BrN5O/c13-5-4-9-3-1-2-6-17(9)10-7-11-15-16-12(19)18(11)8-14-10/h7-9H,1-6H2,(H,16,19). The topological polar surface area (TPSA) is 66.3 Å². The van der Waals surface area contributed by atoms with Crippen LogP contribution in [0, 0.1) is 0 Å². The van der Waals surface area contributed by atoms with Gasteiger partial charge in [-0.1, -0.05) is 15.9 Å². The third-order valence-electron chi connectivity index (χ3n) is 3.66. The number of anilines is 1. The predicted molar refractivity (Wildman–Crippen MR) is 77.0 cm³/mol. The Morgan fingerprint density at radius 2 is 2.37 bits per heavy atom. The van der Waals surface area contributed by atoms with Gasteiger partial charge in [-0.25, -0.2) is 19.3 Å². The monoisotopic (exact) mass is 325 g/mol. The van der Waals surface area contributed by atoms with Crippen molar-refractivity contribution in [2.45, 2.75) is 31.7 Å². The van der Waals surface area contributed by atoms with E-state index < -0.39 is 0 Å². The average molecular weight is 326 g/mol. The molecule has 0 aliphatic carbocycles. The van der Waals surface area contributed by atoms with Gasteiger partial charge < -0.3 is 4.90 Å². The van der Waals surface area contributed by atoms with Gasteiger partial charge in [0.25, 0.3) is 0 Å². The second-order valence-electron chi connectivity index (χ2n) is 4.82. The zero-order valence-electron chi connectivity index (χ0n) is 10.5. The van der Waals surface area contributed by atoms with E-state index in [9.17, 15) is 4.79 Å². The van der Waals surface area contributed by atoms with Crippen molar-refractivity contribution in [3.05, 3.63) is 22.9 Å². The van der Waals surface area contributed by atoms with E-state index in [0.717, 1.165) is 24.1 Å². The zero-order chi connectivity index (χ0) is 13.2. The number of hydrogen-bond donors (Lipinski definition) is 1. The molecular formula is C12H16BrN5O. The number of aromatic amines is 1. The number of piperidine rings is 1. The summed E-state index contributed by atoms with van der Waals surface area (Å²) >= 11 is 3.52. The van der Waals surface area contributed by atoms with Gasteiger partial charge in [0.05, 0.1) is 0 Å². The summed E-state index contributed by atoms with van der Waals surface area (Å²) in [6.07, 6.45) is 6.33. The molecule has 1 saturated heterocycles. The van der Waals surface area contributed by atoms with Crippen LogP contribution in [-0.4, -0.2) is 37.5 Å². The molecular weight excluding hydrogens is 310 g/mol. The van der Waals surface area contributed by atoms with Crippen molar-refractivity contribution in [1.82, 2.24) is 19.6 Å². The van der Waals surface area contributed by atoms with E-state index in [4.69, 9.17) is 0 Å². The van der Waals surface area contributed by atoms with Crippen molar-refractivity contribution in [2.75, 3.05) is 16.8 Å². The van der Waals surface area contributed by atoms with Crippen molar-refractivity contribution in [3.63, 3.8) is 0 Å². The highest BCUT2D eigenvalue weighted by molar-refractivity contribution is 9.09. The Morgan fingerprint density at radius 3 is 3.21 bits per heavy atom. The molecule has 0 saturated carbocycles. The molecule has 1 aliphatic rings. The first-order valence-corrected chi connectivity index (χ1v) is 7.67. The van der Waals surface area contributed by atoms with Gasteiger partial charge >= 0.3 is 5.69 Å². The van der Waals surface area contributed by atoms with Crippen LogP contribution in [-0.2, 0) is 0 Å². The van der Waals surface area contributed by atoms with Gasteiger partial charge in [0.15, 0.2) is 5.65 Å². The summed E-state index contributed by atoms with van der Waals surface area (Å²) in [7, 11) is 0. The van der Waals surface area contributed by atoms with E-state index >= 15 is 0 Å². The first-order chi connectivity index (χ1) is 9.29. The van der Waals surface area contributed by atoms with E-state index in [1.54, 1.807) is 6.33 Å². The third-order valence-corrected chi connectivity index (χ3v) is 4.12. The molecule has 2 aromatic heterocycles. The van der Waals surface area contributed by atoms with Gasteiger partial charge in [-0.3, -0.25) is 0 Å². The molecule has 2 aromatic rings. The lowest BCUT2D eigenvalue weighted by molar-refractivity contribution is 0.449. The maximum Gasteiger partial charge on any atom is 0.348 e. The summed E-state index contributed by atoms with van der Waals surface area (Å²) in [5.74, 6) is 0.914. The van der Waals surface area contributed by atoms with Crippen molar-refractivity contribution < 1.29 is 0 Å². The summed E-state index contributed by atoms with van der Waals surface area (Å²) < 4.78 is 1.42. The van der Waals surface area contributed by atoms with E-state index in [0.29, 0.717) is 11.7 Å². The molecule has 102 valence electrons. The summed E-state index contributed by atoms with van der Waals surface area (Å²) in [5.41, 5.74) is 0.378. The van der Waals surface area contributed by atoms with Crippen LogP contribution in [0.3, 0.4) is 0 Å². The molecule has 1 aliphatic heterocycles. The third kappa shape index (κ3) is 2.39. The Balaban J connectivity index is 1.94. The second kappa shape index (κ2) is 5.32. The van der Waals surface area contributed by atoms with E-state index in [2.05, 4.69) is 36.0 Å². The number of H-pyrrole nitrogens is 1. The molecule has 1 unspecified atom stereocenters. The Labute approximate surface area is 119 Å². The molecule has 3 heterocycles. The fourth-order valence-electron chi connectivity index (χ4n) is 2.69. The van der Waals surface area contributed by atoms with Crippen molar-refractivity contribution in [2.24, 2.45) is 0 Å². The number of nitrogens with one attached hydrogen (secondary N) is 1. The van der Waals surface area contributed by atoms with Gasteiger partial charge in [-0.15, -0.1) is 0 Å². The molecule has 1 fully saturated rings. The minimum Gasteiger partial charge on any atom is -0.353 e. The highest BCUT2D eigenvalue weighted by Crippen LogP contribution is 2.25. The van der Waals surface area contributed by atoms with Crippen LogP contribution in [0.1, 0.15) is 25.7 Å². The molecule has 6 nitrogen and oxygen atoms in total. The number of aromatic nitrogens is 4. The first-order valence-electron chi connectivity index (χ1n) is 6.55. The van der Waals surface area contributed by atoms with Crippen LogP contribution >= 0.6 is 15.9 Å². The molecule has 0 bridgehead atoms. The first kappa shape index (κ1) is 12.7.